The molecule has 1 aromatic carbocycles. The van der Waals surface area contributed by atoms with E-state index in [-0.39, 0.29) is 41.9 Å². The van der Waals surface area contributed by atoms with Crippen LogP contribution in [0.5, 0.6) is 0 Å². The van der Waals surface area contributed by atoms with E-state index >= 15 is 4.39 Å². The summed E-state index contributed by atoms with van der Waals surface area (Å²) in [5.41, 5.74) is 0.840. The highest BCUT2D eigenvalue weighted by Crippen LogP contribution is 2.48. The van der Waals surface area contributed by atoms with Crippen molar-refractivity contribution in [2.24, 2.45) is 0 Å². The predicted octanol–water partition coefficient (Wildman–Crippen LogP) is 4.44. The number of aryl methyl sites for hydroxylation is 1. The molecule has 1 saturated carbocycles. The third-order valence-corrected chi connectivity index (χ3v) is 5.95. The Morgan fingerprint density at radius 3 is 2.81 bits per heavy atom. The second kappa shape index (κ2) is 8.00. The number of aromatic nitrogens is 7. The highest BCUT2D eigenvalue weighted by molar-refractivity contribution is 6.09. The summed E-state index contributed by atoms with van der Waals surface area (Å²) in [6.45, 7) is 1.64. The summed E-state index contributed by atoms with van der Waals surface area (Å²) in [6.07, 6.45) is 2.31. The SMILES string of the molecule is Cc1nc(N(C(=O)c2cnc3ccccn23)c2cc(-c3noc(C4CC(F)(F)C4)n3)ccc2F)n[nH]1. The number of halogens is 3. The molecule has 0 spiro atoms. The fourth-order valence-corrected chi connectivity index (χ4v) is 4.12. The number of amides is 1. The number of pyridine rings is 1. The van der Waals surface area contributed by atoms with Crippen LogP contribution in [0.25, 0.3) is 17.0 Å². The first kappa shape index (κ1) is 21.9. The Balaban J connectivity index is 1.41. The molecule has 4 aromatic heterocycles. The molecule has 6 rings (SSSR count). The molecule has 36 heavy (non-hydrogen) atoms. The molecule has 10 nitrogen and oxygen atoms in total. The van der Waals surface area contributed by atoms with E-state index in [9.17, 15) is 13.6 Å². The van der Waals surface area contributed by atoms with Crippen LogP contribution in [0.3, 0.4) is 0 Å². The molecule has 0 radical (unpaired) electrons. The first-order chi connectivity index (χ1) is 17.3. The number of alkyl halides is 2. The maximum absolute atomic E-state index is 15.2. The molecule has 0 aliphatic heterocycles. The van der Waals surface area contributed by atoms with Crippen molar-refractivity contribution in [3.63, 3.8) is 0 Å². The van der Waals surface area contributed by atoms with Crippen LogP contribution in [0.2, 0.25) is 0 Å². The Hall–Kier alpha value is -4.55. The van der Waals surface area contributed by atoms with Crippen molar-refractivity contribution in [1.82, 2.24) is 34.7 Å². The summed E-state index contributed by atoms with van der Waals surface area (Å²) in [5.74, 6) is -4.14. The van der Waals surface area contributed by atoms with Gasteiger partial charge in [-0.05, 0) is 37.3 Å². The molecule has 1 aliphatic rings. The second-order valence-corrected chi connectivity index (χ2v) is 8.52. The first-order valence-electron chi connectivity index (χ1n) is 11.0. The van der Waals surface area contributed by atoms with Crippen molar-refractivity contribution in [3.05, 3.63) is 72.0 Å². The van der Waals surface area contributed by atoms with Crippen LogP contribution >= 0.6 is 0 Å². The molecule has 0 saturated heterocycles. The largest absolute Gasteiger partial charge is 0.339 e. The Morgan fingerprint density at radius 1 is 1.22 bits per heavy atom. The maximum Gasteiger partial charge on any atom is 0.284 e. The summed E-state index contributed by atoms with van der Waals surface area (Å²) >= 11 is 0. The molecular formula is C23H17F3N8O2. The van der Waals surface area contributed by atoms with Gasteiger partial charge in [-0.3, -0.25) is 14.3 Å². The minimum atomic E-state index is -2.74. The zero-order valence-electron chi connectivity index (χ0n) is 18.7. The predicted molar refractivity (Wildman–Crippen MR) is 119 cm³/mol. The van der Waals surface area contributed by atoms with Crippen LogP contribution in [0, 0.1) is 12.7 Å². The van der Waals surface area contributed by atoms with E-state index in [2.05, 4.69) is 30.3 Å². The van der Waals surface area contributed by atoms with E-state index in [1.807, 2.05) is 0 Å². The smallest absolute Gasteiger partial charge is 0.284 e. The number of benzene rings is 1. The molecule has 0 atom stereocenters. The molecule has 5 aromatic rings. The van der Waals surface area contributed by atoms with Gasteiger partial charge in [-0.15, -0.1) is 5.10 Å². The van der Waals surface area contributed by atoms with Crippen molar-refractivity contribution in [1.29, 1.82) is 0 Å². The van der Waals surface area contributed by atoms with E-state index < -0.39 is 23.6 Å². The van der Waals surface area contributed by atoms with Gasteiger partial charge in [-0.25, -0.2) is 23.1 Å². The van der Waals surface area contributed by atoms with Crippen LogP contribution in [-0.2, 0) is 0 Å². The molecule has 182 valence electrons. The number of H-pyrrole nitrogens is 1. The van der Waals surface area contributed by atoms with Crippen LogP contribution < -0.4 is 4.90 Å². The van der Waals surface area contributed by atoms with Gasteiger partial charge in [0.05, 0.1) is 11.9 Å². The number of imidazole rings is 1. The molecule has 1 aliphatic carbocycles. The number of fused-ring (bicyclic) bond motifs is 1. The highest BCUT2D eigenvalue weighted by Gasteiger charge is 2.48. The summed E-state index contributed by atoms with van der Waals surface area (Å²) in [6, 6.07) is 9.15. The highest BCUT2D eigenvalue weighted by atomic mass is 19.3. The number of aromatic amines is 1. The number of anilines is 2. The maximum atomic E-state index is 15.2. The van der Waals surface area contributed by atoms with Crippen molar-refractivity contribution >= 4 is 23.2 Å². The van der Waals surface area contributed by atoms with Crippen molar-refractivity contribution in [3.8, 4) is 11.4 Å². The lowest BCUT2D eigenvalue weighted by atomic mass is 9.81. The number of hydrogen-bond donors (Lipinski definition) is 1. The van der Waals surface area contributed by atoms with Crippen LogP contribution in [-0.4, -0.2) is 46.5 Å². The van der Waals surface area contributed by atoms with E-state index in [1.165, 1.54) is 18.3 Å². The zero-order chi connectivity index (χ0) is 25.0. The summed E-state index contributed by atoms with van der Waals surface area (Å²) in [5, 5.41) is 10.6. The van der Waals surface area contributed by atoms with Gasteiger partial charge in [0, 0.05) is 30.5 Å². The summed E-state index contributed by atoms with van der Waals surface area (Å²) in [4.78, 5) is 27.4. The third kappa shape index (κ3) is 3.68. The van der Waals surface area contributed by atoms with Crippen LogP contribution in [0.1, 0.15) is 41.0 Å². The molecule has 1 fully saturated rings. The Kier molecular flexibility index (Phi) is 4.88. The minimum absolute atomic E-state index is 0.0786. The van der Waals surface area contributed by atoms with Crippen LogP contribution in [0.4, 0.5) is 24.8 Å². The topological polar surface area (TPSA) is 118 Å². The zero-order valence-corrected chi connectivity index (χ0v) is 18.7. The molecule has 0 bridgehead atoms. The molecular weight excluding hydrogens is 477 g/mol. The average Bonchev–Trinajstić information content (AvgIpc) is 3.58. The summed E-state index contributed by atoms with van der Waals surface area (Å²) in [7, 11) is 0. The third-order valence-electron chi connectivity index (χ3n) is 5.95. The van der Waals surface area contributed by atoms with Gasteiger partial charge in [-0.1, -0.05) is 11.2 Å². The molecule has 1 N–H and O–H groups in total. The monoisotopic (exact) mass is 494 g/mol. The normalized spacial score (nSPS) is 15.2. The number of carbonyl (C=O) groups excluding carboxylic acids is 1. The summed E-state index contributed by atoms with van der Waals surface area (Å²) < 4.78 is 48.4. The molecule has 0 unspecified atom stereocenters. The molecule has 1 amide bonds. The number of nitrogens with zero attached hydrogens (tertiary/aromatic N) is 7. The minimum Gasteiger partial charge on any atom is -0.339 e. The lowest BCUT2D eigenvalue weighted by molar-refractivity contribution is -0.0925. The Bertz CT molecular complexity index is 1600. The molecule has 4 heterocycles. The lowest BCUT2D eigenvalue weighted by Gasteiger charge is -2.31. The van der Waals surface area contributed by atoms with Gasteiger partial charge in [0.2, 0.25) is 17.6 Å². The quantitative estimate of drug-likeness (QED) is 0.384. The van der Waals surface area contributed by atoms with E-state index in [0.717, 1.165) is 11.0 Å². The number of nitrogens with one attached hydrogen (secondary N) is 1. The molecule has 13 heteroatoms. The lowest BCUT2D eigenvalue weighted by Crippen LogP contribution is -2.33. The van der Waals surface area contributed by atoms with Gasteiger partial charge >= 0.3 is 0 Å². The standard InChI is InChI=1S/C23H17F3N8O2/c1-12-28-22(31-30-12)34(21(35)17-11-27-18-4-2-3-7-33(17)18)16-8-13(5-6-15(16)24)19-29-20(36-32-19)14-9-23(25,26)10-14/h2-8,11,14H,9-10H2,1H3,(H,28,30,31). The number of hydrogen-bond acceptors (Lipinski definition) is 7. The van der Waals surface area contributed by atoms with Gasteiger partial charge in [0.1, 0.15) is 23.0 Å². The van der Waals surface area contributed by atoms with Crippen molar-refractivity contribution in [2.75, 3.05) is 4.90 Å². The van der Waals surface area contributed by atoms with Crippen LogP contribution in [0.15, 0.2) is 53.3 Å². The van der Waals surface area contributed by atoms with Gasteiger partial charge < -0.3 is 4.52 Å². The van der Waals surface area contributed by atoms with E-state index in [1.54, 1.807) is 35.7 Å². The number of carbonyl (C=O) groups is 1. The van der Waals surface area contributed by atoms with Crippen molar-refractivity contribution in [2.45, 2.75) is 31.6 Å². The fourth-order valence-electron chi connectivity index (χ4n) is 4.12. The first-order valence-corrected chi connectivity index (χ1v) is 11.0. The van der Waals surface area contributed by atoms with E-state index in [0.29, 0.717) is 17.0 Å². The Morgan fingerprint density at radius 2 is 2.06 bits per heavy atom. The Labute approximate surface area is 200 Å². The van der Waals surface area contributed by atoms with Crippen molar-refractivity contribution < 1.29 is 22.5 Å². The average molecular weight is 494 g/mol. The van der Waals surface area contributed by atoms with Gasteiger partial charge in [0.15, 0.2) is 0 Å². The van der Waals surface area contributed by atoms with E-state index in [4.69, 9.17) is 4.52 Å². The van der Waals surface area contributed by atoms with Gasteiger partial charge in [-0.2, -0.15) is 9.97 Å². The number of rotatable bonds is 5. The van der Waals surface area contributed by atoms with Gasteiger partial charge in [0.25, 0.3) is 11.9 Å². The second-order valence-electron chi connectivity index (χ2n) is 8.52. The fraction of sp³-hybridized carbons (Fsp3) is 0.217.